The molecule has 0 amide bonds. The van der Waals surface area contributed by atoms with Crippen molar-refractivity contribution in [2.75, 3.05) is 0 Å². The molecule has 0 saturated heterocycles. The number of fused-ring (bicyclic) bond motifs is 3. The Balaban J connectivity index is 1.30. The van der Waals surface area contributed by atoms with Crippen molar-refractivity contribution in [1.82, 2.24) is 19.3 Å². The number of ether oxygens (including phenoxy) is 1. The van der Waals surface area contributed by atoms with Crippen molar-refractivity contribution in [1.29, 1.82) is 0 Å². The second-order valence-corrected chi connectivity index (χ2v) is 16.4. The Morgan fingerprint density at radius 2 is 1.49 bits per heavy atom. The number of hydrogen-bond acceptors (Lipinski definition) is 3. The molecular formula is C44H50N4O. The van der Waals surface area contributed by atoms with E-state index >= 15 is 0 Å². The molecule has 0 spiro atoms. The van der Waals surface area contributed by atoms with E-state index in [1.54, 1.807) is 0 Å². The minimum Gasteiger partial charge on any atom is -0.457 e. The van der Waals surface area contributed by atoms with Gasteiger partial charge in [0.1, 0.15) is 17.3 Å². The number of para-hydroxylation sites is 1. The van der Waals surface area contributed by atoms with Crippen LogP contribution in [0.3, 0.4) is 0 Å². The molecular weight excluding hydrogens is 601 g/mol. The average Bonchev–Trinajstić information content (AvgIpc) is 3.55. The van der Waals surface area contributed by atoms with Crippen molar-refractivity contribution < 1.29 is 4.74 Å². The fraction of sp³-hybridized carbons (Fsp3) is 0.364. The van der Waals surface area contributed by atoms with Crippen molar-refractivity contribution in [3.63, 3.8) is 0 Å². The molecule has 0 bridgehead atoms. The average molecular weight is 651 g/mol. The standard InChI is InChI=1S/C44H50N4O/c1-27-22-28(2)40(29(3)23-27)41-30(4)46-48(42(41)44(8,9)10)32-14-13-15-33(25-32)49-34-18-19-36-35-16-11-12-17-37(35)47(38(36)26-34)39-24-31(20-21-45-39)43(5,6)7/h11-22,24-27,29,40H,23H2,1-10H3/t27-,29-,40?/m0/s1. The summed E-state index contributed by atoms with van der Waals surface area (Å²) in [5, 5.41) is 7.58. The molecule has 0 radical (unpaired) electrons. The molecule has 3 aromatic heterocycles. The van der Waals surface area contributed by atoms with E-state index in [9.17, 15) is 0 Å². The number of nitrogens with zero attached hydrogens (tertiary/aromatic N) is 4. The normalized spacial score (nSPS) is 18.7. The second-order valence-electron chi connectivity index (χ2n) is 16.4. The highest BCUT2D eigenvalue weighted by Gasteiger charge is 2.36. The smallest absolute Gasteiger partial charge is 0.137 e. The number of allylic oxidation sites excluding steroid dienone is 2. The summed E-state index contributed by atoms with van der Waals surface area (Å²) >= 11 is 0. The van der Waals surface area contributed by atoms with Gasteiger partial charge in [0.15, 0.2) is 0 Å². The fourth-order valence-electron chi connectivity index (χ4n) is 8.21. The van der Waals surface area contributed by atoms with E-state index < -0.39 is 0 Å². The third kappa shape index (κ3) is 5.98. The Morgan fingerprint density at radius 3 is 2.22 bits per heavy atom. The van der Waals surface area contributed by atoms with Gasteiger partial charge in [0.05, 0.1) is 28.1 Å². The van der Waals surface area contributed by atoms with E-state index in [4.69, 9.17) is 14.8 Å². The summed E-state index contributed by atoms with van der Waals surface area (Å²) in [6.45, 7) is 22.9. The van der Waals surface area contributed by atoms with E-state index in [1.807, 2.05) is 12.3 Å². The van der Waals surface area contributed by atoms with Crippen molar-refractivity contribution in [2.24, 2.45) is 11.8 Å². The van der Waals surface area contributed by atoms with Gasteiger partial charge < -0.3 is 4.74 Å². The van der Waals surface area contributed by atoms with Crippen LogP contribution in [0.2, 0.25) is 0 Å². The Kier molecular flexibility index (Phi) is 8.09. The van der Waals surface area contributed by atoms with Crippen LogP contribution in [0.5, 0.6) is 11.5 Å². The lowest BCUT2D eigenvalue weighted by atomic mass is 9.70. The zero-order chi connectivity index (χ0) is 34.8. The lowest BCUT2D eigenvalue weighted by molar-refractivity contribution is 0.385. The van der Waals surface area contributed by atoms with Gasteiger partial charge in [-0.05, 0) is 85.5 Å². The number of aromatic nitrogens is 4. The van der Waals surface area contributed by atoms with Crippen LogP contribution in [0.4, 0.5) is 0 Å². The molecule has 0 fully saturated rings. The highest BCUT2D eigenvalue weighted by Crippen LogP contribution is 2.46. The van der Waals surface area contributed by atoms with Crippen LogP contribution in [0.25, 0.3) is 33.3 Å². The van der Waals surface area contributed by atoms with Crippen molar-refractivity contribution in [3.8, 4) is 23.0 Å². The molecule has 5 nitrogen and oxygen atoms in total. The van der Waals surface area contributed by atoms with Gasteiger partial charge in [0, 0.05) is 46.0 Å². The summed E-state index contributed by atoms with van der Waals surface area (Å²) in [4.78, 5) is 4.85. The van der Waals surface area contributed by atoms with Gasteiger partial charge in [-0.3, -0.25) is 4.57 Å². The number of hydrogen-bond donors (Lipinski definition) is 0. The molecule has 1 unspecified atom stereocenters. The Bertz CT molecular complexity index is 2220. The van der Waals surface area contributed by atoms with Gasteiger partial charge >= 0.3 is 0 Å². The summed E-state index contributed by atoms with van der Waals surface area (Å²) in [6, 6.07) is 27.6. The lowest BCUT2D eigenvalue weighted by Gasteiger charge is -2.34. The summed E-state index contributed by atoms with van der Waals surface area (Å²) in [6.07, 6.45) is 5.58. The van der Waals surface area contributed by atoms with Crippen LogP contribution >= 0.6 is 0 Å². The molecule has 3 atom stereocenters. The summed E-state index contributed by atoms with van der Waals surface area (Å²) in [5.41, 5.74) is 9.59. The Hall–Kier alpha value is -4.64. The molecule has 1 aliphatic rings. The van der Waals surface area contributed by atoms with Gasteiger partial charge in [0.2, 0.25) is 0 Å². The van der Waals surface area contributed by atoms with Gasteiger partial charge in [-0.1, -0.05) is 91.3 Å². The number of aryl methyl sites for hydroxylation is 1. The lowest BCUT2D eigenvalue weighted by Crippen LogP contribution is -2.25. The third-order valence-electron chi connectivity index (χ3n) is 10.3. The van der Waals surface area contributed by atoms with Crippen LogP contribution in [0.15, 0.2) is 96.7 Å². The minimum atomic E-state index is -0.104. The molecule has 3 heterocycles. The number of pyridine rings is 1. The van der Waals surface area contributed by atoms with E-state index in [0.29, 0.717) is 17.8 Å². The van der Waals surface area contributed by atoms with Crippen molar-refractivity contribution in [3.05, 3.63) is 119 Å². The molecule has 7 rings (SSSR count). The van der Waals surface area contributed by atoms with Crippen LogP contribution < -0.4 is 4.74 Å². The SMILES string of the molecule is CC1=C[C@H](C)C[C@H](C)C1c1c(C)nn(-c2cccc(Oc3ccc4c5ccccc5n(-c5cc(C(C)(C)C)ccn5)c4c3)c2)c1C(C)(C)C. The molecule has 0 aliphatic heterocycles. The summed E-state index contributed by atoms with van der Waals surface area (Å²) in [5.74, 6) is 4.00. The first kappa shape index (κ1) is 32.9. The molecule has 0 saturated carbocycles. The molecule has 5 heteroatoms. The van der Waals surface area contributed by atoms with Gasteiger partial charge in [-0.2, -0.15) is 5.10 Å². The first-order valence-corrected chi connectivity index (χ1v) is 17.8. The van der Waals surface area contributed by atoms with Crippen LogP contribution in [-0.4, -0.2) is 19.3 Å². The summed E-state index contributed by atoms with van der Waals surface area (Å²) in [7, 11) is 0. The maximum absolute atomic E-state index is 6.65. The predicted molar refractivity (Wildman–Crippen MR) is 204 cm³/mol. The molecule has 6 aromatic rings. The molecule has 49 heavy (non-hydrogen) atoms. The molecule has 1 aliphatic carbocycles. The summed E-state index contributed by atoms with van der Waals surface area (Å²) < 4.78 is 11.1. The predicted octanol–water partition coefficient (Wildman–Crippen LogP) is 11.8. The molecule has 3 aromatic carbocycles. The van der Waals surface area contributed by atoms with Gasteiger partial charge in [-0.25, -0.2) is 9.67 Å². The van der Waals surface area contributed by atoms with E-state index in [-0.39, 0.29) is 10.8 Å². The van der Waals surface area contributed by atoms with Gasteiger partial charge in [-0.15, -0.1) is 0 Å². The quantitative estimate of drug-likeness (QED) is 0.174. The Morgan fingerprint density at radius 1 is 0.755 bits per heavy atom. The monoisotopic (exact) mass is 650 g/mol. The van der Waals surface area contributed by atoms with Crippen LogP contribution in [0.1, 0.15) is 97.2 Å². The second kappa shape index (κ2) is 12.0. The maximum atomic E-state index is 6.65. The molecule has 0 N–H and O–H groups in total. The van der Waals surface area contributed by atoms with E-state index in [1.165, 1.54) is 39.6 Å². The highest BCUT2D eigenvalue weighted by molar-refractivity contribution is 6.09. The third-order valence-corrected chi connectivity index (χ3v) is 10.3. The fourth-order valence-corrected chi connectivity index (χ4v) is 8.21. The Labute approximate surface area is 291 Å². The van der Waals surface area contributed by atoms with Crippen molar-refractivity contribution in [2.45, 2.75) is 92.4 Å². The molecule has 252 valence electrons. The van der Waals surface area contributed by atoms with Crippen LogP contribution in [0, 0.1) is 18.8 Å². The largest absolute Gasteiger partial charge is 0.457 e. The number of rotatable bonds is 5. The zero-order valence-corrected chi connectivity index (χ0v) is 30.8. The van der Waals surface area contributed by atoms with E-state index in [0.717, 1.165) is 39.7 Å². The minimum absolute atomic E-state index is 0.0131. The number of benzene rings is 3. The van der Waals surface area contributed by atoms with Crippen LogP contribution in [-0.2, 0) is 10.8 Å². The topological polar surface area (TPSA) is 44.9 Å². The first-order chi connectivity index (χ1) is 23.2. The van der Waals surface area contributed by atoms with Crippen molar-refractivity contribution >= 4 is 21.8 Å². The highest BCUT2D eigenvalue weighted by atomic mass is 16.5. The first-order valence-electron chi connectivity index (χ1n) is 17.8. The maximum Gasteiger partial charge on any atom is 0.137 e. The van der Waals surface area contributed by atoms with Gasteiger partial charge in [0.25, 0.3) is 0 Å². The van der Waals surface area contributed by atoms with E-state index in [2.05, 4.69) is 157 Å². The zero-order valence-electron chi connectivity index (χ0n) is 30.8.